The van der Waals surface area contributed by atoms with Crippen LogP contribution in [-0.2, 0) is 11.3 Å². The fourth-order valence-corrected chi connectivity index (χ4v) is 1.78. The topological polar surface area (TPSA) is 104 Å². The van der Waals surface area contributed by atoms with Crippen molar-refractivity contribution in [3.05, 3.63) is 53.4 Å². The number of aromatic nitrogens is 1. The molecule has 0 aliphatic heterocycles. The van der Waals surface area contributed by atoms with Crippen LogP contribution in [-0.4, -0.2) is 22.3 Å². The van der Waals surface area contributed by atoms with E-state index >= 15 is 0 Å². The molecule has 0 fully saturated rings. The van der Waals surface area contributed by atoms with Crippen molar-refractivity contribution < 1.29 is 19.2 Å². The molecule has 3 N–H and O–H groups in total. The van der Waals surface area contributed by atoms with E-state index in [1.807, 2.05) is 0 Å². The van der Waals surface area contributed by atoms with Crippen LogP contribution in [0.4, 0.5) is 4.79 Å². The molecule has 0 spiro atoms. The summed E-state index contributed by atoms with van der Waals surface area (Å²) in [5.41, 5.74) is 1.20. The Morgan fingerprint density at radius 3 is 2.62 bits per heavy atom. The average Bonchev–Trinajstić information content (AvgIpc) is 2.89. The van der Waals surface area contributed by atoms with Crippen molar-refractivity contribution in [3.63, 3.8) is 0 Å². The van der Waals surface area contributed by atoms with Crippen molar-refractivity contribution in [2.45, 2.75) is 19.5 Å². The van der Waals surface area contributed by atoms with Crippen LogP contribution in [0.5, 0.6) is 0 Å². The summed E-state index contributed by atoms with van der Waals surface area (Å²) in [6.07, 6.45) is 0. The lowest BCUT2D eigenvalue weighted by Crippen LogP contribution is -2.40. The quantitative estimate of drug-likeness (QED) is 0.775. The number of hydrogen-bond acceptors (Lipinski definition) is 4. The Balaban J connectivity index is 1.94. The molecule has 7 nitrogen and oxygen atoms in total. The zero-order valence-electron chi connectivity index (χ0n) is 11.4. The Bertz CT molecular complexity index is 624. The Morgan fingerprint density at radius 1 is 1.33 bits per heavy atom. The number of urea groups is 1. The summed E-state index contributed by atoms with van der Waals surface area (Å²) < 4.78 is 4.94. The molecule has 0 aliphatic carbocycles. The second kappa shape index (κ2) is 6.56. The first-order valence-corrected chi connectivity index (χ1v) is 6.30. The lowest BCUT2D eigenvalue weighted by molar-refractivity contribution is -0.139. The molecule has 1 aromatic carbocycles. The first kappa shape index (κ1) is 14.6. The maximum Gasteiger partial charge on any atom is 0.330 e. The van der Waals surface area contributed by atoms with E-state index in [4.69, 9.17) is 4.52 Å². The Hall–Kier alpha value is -2.83. The number of carboxylic acid groups (broad SMARTS) is 1. The van der Waals surface area contributed by atoms with Gasteiger partial charge in [-0.15, -0.1) is 0 Å². The smallest absolute Gasteiger partial charge is 0.330 e. The number of nitrogens with one attached hydrogen (secondary N) is 2. The van der Waals surface area contributed by atoms with E-state index in [0.717, 1.165) is 0 Å². The van der Waals surface area contributed by atoms with E-state index in [-0.39, 0.29) is 6.54 Å². The number of hydrogen-bond donors (Lipinski definition) is 3. The molecule has 0 saturated carbocycles. The highest BCUT2D eigenvalue weighted by atomic mass is 16.5. The SMILES string of the molecule is Cc1cc(CNC(=O)N[C@H](C(=O)O)c2ccccc2)on1. The van der Waals surface area contributed by atoms with Gasteiger partial charge in [-0.1, -0.05) is 35.5 Å². The standard InChI is InChI=1S/C14H15N3O4/c1-9-7-11(21-17-9)8-15-14(20)16-12(13(18)19)10-5-3-2-4-6-10/h2-7,12H,8H2,1H3,(H,18,19)(H2,15,16,20)/t12-/m0/s1. The summed E-state index contributed by atoms with van der Waals surface area (Å²) in [6.45, 7) is 1.90. The van der Waals surface area contributed by atoms with Gasteiger partial charge in [0.25, 0.3) is 0 Å². The number of carboxylic acids is 1. The molecule has 21 heavy (non-hydrogen) atoms. The van der Waals surface area contributed by atoms with Gasteiger partial charge in [0.2, 0.25) is 0 Å². The van der Waals surface area contributed by atoms with Crippen molar-refractivity contribution in [1.82, 2.24) is 15.8 Å². The van der Waals surface area contributed by atoms with Crippen LogP contribution in [0.2, 0.25) is 0 Å². The Kier molecular flexibility index (Phi) is 4.55. The highest BCUT2D eigenvalue weighted by Crippen LogP contribution is 2.12. The fraction of sp³-hybridized carbons (Fsp3) is 0.214. The third-order valence-electron chi connectivity index (χ3n) is 2.76. The number of rotatable bonds is 5. The molecule has 2 rings (SSSR count). The molecule has 0 bridgehead atoms. The number of nitrogens with zero attached hydrogens (tertiary/aromatic N) is 1. The normalized spacial score (nSPS) is 11.7. The number of carbonyl (C=O) groups excluding carboxylic acids is 1. The van der Waals surface area contributed by atoms with E-state index in [1.54, 1.807) is 43.3 Å². The number of benzene rings is 1. The van der Waals surface area contributed by atoms with Gasteiger partial charge in [0.1, 0.15) is 0 Å². The van der Waals surface area contributed by atoms with Gasteiger partial charge in [-0.05, 0) is 12.5 Å². The molecule has 2 aromatic rings. The molecule has 0 aliphatic rings. The van der Waals surface area contributed by atoms with Gasteiger partial charge in [-0.3, -0.25) is 0 Å². The number of amides is 2. The summed E-state index contributed by atoms with van der Waals surface area (Å²) in [5.74, 6) is -0.638. The van der Waals surface area contributed by atoms with E-state index in [2.05, 4.69) is 15.8 Å². The second-order valence-electron chi connectivity index (χ2n) is 4.44. The first-order chi connectivity index (χ1) is 10.1. The molecular weight excluding hydrogens is 274 g/mol. The molecule has 7 heteroatoms. The van der Waals surface area contributed by atoms with Crippen LogP contribution in [0.25, 0.3) is 0 Å². The minimum Gasteiger partial charge on any atom is -0.479 e. The van der Waals surface area contributed by atoms with E-state index in [1.165, 1.54) is 0 Å². The summed E-state index contributed by atoms with van der Waals surface area (Å²) >= 11 is 0. The predicted octanol–water partition coefficient (Wildman–Crippen LogP) is 1.61. The second-order valence-corrected chi connectivity index (χ2v) is 4.44. The molecular formula is C14H15N3O4. The minimum atomic E-state index is -1.13. The van der Waals surface area contributed by atoms with Gasteiger partial charge in [-0.2, -0.15) is 0 Å². The van der Waals surface area contributed by atoms with E-state index < -0.39 is 18.0 Å². The molecule has 0 radical (unpaired) electrons. The summed E-state index contributed by atoms with van der Waals surface area (Å²) in [4.78, 5) is 23.0. The van der Waals surface area contributed by atoms with Crippen molar-refractivity contribution in [1.29, 1.82) is 0 Å². The third-order valence-corrected chi connectivity index (χ3v) is 2.76. The van der Waals surface area contributed by atoms with Crippen molar-refractivity contribution in [2.75, 3.05) is 0 Å². The van der Waals surface area contributed by atoms with Crippen molar-refractivity contribution >= 4 is 12.0 Å². The average molecular weight is 289 g/mol. The van der Waals surface area contributed by atoms with E-state index in [9.17, 15) is 14.7 Å². The Labute approximate surface area is 120 Å². The largest absolute Gasteiger partial charge is 0.479 e. The van der Waals surface area contributed by atoms with Gasteiger partial charge in [-0.25, -0.2) is 9.59 Å². The van der Waals surface area contributed by atoms with Gasteiger partial charge >= 0.3 is 12.0 Å². The number of aryl methyl sites for hydroxylation is 1. The van der Waals surface area contributed by atoms with Crippen LogP contribution in [0.1, 0.15) is 23.1 Å². The van der Waals surface area contributed by atoms with Crippen LogP contribution in [0.3, 0.4) is 0 Å². The lowest BCUT2D eigenvalue weighted by Gasteiger charge is -2.15. The summed E-state index contributed by atoms with van der Waals surface area (Å²) in [6, 6.07) is 8.45. The minimum absolute atomic E-state index is 0.133. The van der Waals surface area contributed by atoms with Crippen LogP contribution in [0, 0.1) is 6.92 Å². The van der Waals surface area contributed by atoms with Gasteiger partial charge in [0.05, 0.1) is 12.2 Å². The maximum atomic E-state index is 11.8. The van der Waals surface area contributed by atoms with Crippen LogP contribution >= 0.6 is 0 Å². The number of aliphatic carboxylic acids is 1. The van der Waals surface area contributed by atoms with Crippen LogP contribution < -0.4 is 10.6 Å². The van der Waals surface area contributed by atoms with Gasteiger partial charge in [0, 0.05) is 6.07 Å². The first-order valence-electron chi connectivity index (χ1n) is 6.30. The van der Waals surface area contributed by atoms with Crippen molar-refractivity contribution in [2.24, 2.45) is 0 Å². The van der Waals surface area contributed by atoms with E-state index in [0.29, 0.717) is 17.0 Å². The number of carbonyl (C=O) groups is 2. The monoisotopic (exact) mass is 289 g/mol. The molecule has 1 heterocycles. The zero-order valence-corrected chi connectivity index (χ0v) is 11.4. The predicted molar refractivity (Wildman–Crippen MR) is 73.4 cm³/mol. The molecule has 1 aromatic heterocycles. The highest BCUT2D eigenvalue weighted by molar-refractivity contribution is 5.83. The lowest BCUT2D eigenvalue weighted by atomic mass is 10.1. The summed E-state index contributed by atoms with van der Waals surface area (Å²) in [7, 11) is 0. The van der Waals surface area contributed by atoms with Crippen LogP contribution in [0.15, 0.2) is 40.9 Å². The summed E-state index contributed by atoms with van der Waals surface area (Å²) in [5, 5.41) is 17.8. The fourth-order valence-electron chi connectivity index (χ4n) is 1.78. The highest BCUT2D eigenvalue weighted by Gasteiger charge is 2.21. The molecule has 110 valence electrons. The third kappa shape index (κ3) is 4.07. The molecule has 1 atom stereocenters. The maximum absolute atomic E-state index is 11.8. The molecule has 0 unspecified atom stereocenters. The van der Waals surface area contributed by atoms with Crippen molar-refractivity contribution in [3.8, 4) is 0 Å². The molecule has 2 amide bonds. The van der Waals surface area contributed by atoms with Gasteiger partial charge < -0.3 is 20.3 Å². The molecule has 0 saturated heterocycles. The zero-order chi connectivity index (χ0) is 15.2. The van der Waals surface area contributed by atoms with Gasteiger partial charge in [0.15, 0.2) is 11.8 Å². The Morgan fingerprint density at radius 2 is 2.05 bits per heavy atom.